The number of aliphatic hydroxyl groups excluding tert-OH is 2. The molecule has 2 aromatic rings. The molecule has 1 saturated heterocycles. The van der Waals surface area contributed by atoms with E-state index in [2.05, 4.69) is 0 Å². The van der Waals surface area contributed by atoms with Crippen LogP contribution in [0.25, 0.3) is 0 Å². The maximum atomic E-state index is 12.2. The minimum Gasteiger partial charge on any atom is -0.386 e. The fourth-order valence-electron chi connectivity index (χ4n) is 3.25. The van der Waals surface area contributed by atoms with E-state index >= 15 is 0 Å². The Balaban J connectivity index is 2.01. The van der Waals surface area contributed by atoms with Crippen molar-refractivity contribution in [3.05, 3.63) is 71.8 Å². The Morgan fingerprint density at radius 3 is 2.14 bits per heavy atom. The second kappa shape index (κ2) is 5.91. The van der Waals surface area contributed by atoms with Crippen LogP contribution >= 0.6 is 0 Å². The monoisotopic (exact) mass is 297 g/mol. The molecule has 22 heavy (non-hydrogen) atoms. The van der Waals surface area contributed by atoms with E-state index in [1.165, 1.54) is 4.90 Å². The van der Waals surface area contributed by atoms with E-state index in [9.17, 15) is 15.0 Å². The van der Waals surface area contributed by atoms with Gasteiger partial charge in [0, 0.05) is 13.0 Å². The maximum absolute atomic E-state index is 12.2. The van der Waals surface area contributed by atoms with E-state index < -0.39 is 24.2 Å². The zero-order valence-electron chi connectivity index (χ0n) is 12.3. The second-order valence-corrected chi connectivity index (χ2v) is 5.68. The Morgan fingerprint density at radius 2 is 1.55 bits per heavy atom. The van der Waals surface area contributed by atoms with E-state index in [1.807, 2.05) is 60.7 Å². The highest BCUT2D eigenvalue weighted by Gasteiger charge is 2.49. The summed E-state index contributed by atoms with van der Waals surface area (Å²) in [6, 6.07) is 18.1. The third-order valence-corrected chi connectivity index (χ3v) is 4.41. The summed E-state index contributed by atoms with van der Waals surface area (Å²) in [4.78, 5) is 13.7. The van der Waals surface area contributed by atoms with Crippen molar-refractivity contribution in [2.75, 3.05) is 7.05 Å². The number of hydrogen-bond donors (Lipinski definition) is 2. The van der Waals surface area contributed by atoms with E-state index in [0.717, 1.165) is 11.1 Å². The topological polar surface area (TPSA) is 60.8 Å². The third kappa shape index (κ3) is 2.40. The van der Waals surface area contributed by atoms with E-state index in [4.69, 9.17) is 0 Å². The van der Waals surface area contributed by atoms with Crippen LogP contribution in [0, 0.1) is 0 Å². The highest BCUT2D eigenvalue weighted by Crippen LogP contribution is 2.40. The SMILES string of the molecule is CN1C(=O)[C@H](O)[C@@H](c2ccccc2)[C@@H]1C(O)c1ccccc1. The Morgan fingerprint density at radius 1 is 1.00 bits per heavy atom. The Hall–Kier alpha value is -2.17. The van der Waals surface area contributed by atoms with Crippen molar-refractivity contribution in [2.24, 2.45) is 0 Å². The molecule has 0 spiro atoms. The molecule has 0 saturated carbocycles. The van der Waals surface area contributed by atoms with Gasteiger partial charge < -0.3 is 15.1 Å². The van der Waals surface area contributed by atoms with Crippen LogP contribution in [-0.4, -0.2) is 40.2 Å². The van der Waals surface area contributed by atoms with Crippen LogP contribution in [0.2, 0.25) is 0 Å². The normalized spacial score (nSPS) is 26.2. The number of rotatable bonds is 3. The Bertz CT molecular complexity index is 644. The predicted molar refractivity (Wildman–Crippen MR) is 83.1 cm³/mol. The molecule has 1 aliphatic heterocycles. The van der Waals surface area contributed by atoms with Gasteiger partial charge in [0.15, 0.2) is 0 Å². The molecule has 4 atom stereocenters. The average Bonchev–Trinajstić information content (AvgIpc) is 2.80. The molecule has 0 aliphatic carbocycles. The molecule has 1 heterocycles. The summed E-state index contributed by atoms with van der Waals surface area (Å²) in [5.41, 5.74) is 1.59. The van der Waals surface area contributed by atoms with Gasteiger partial charge in [0.1, 0.15) is 12.2 Å². The lowest BCUT2D eigenvalue weighted by Crippen LogP contribution is -2.36. The molecule has 1 amide bonds. The summed E-state index contributed by atoms with van der Waals surface area (Å²) in [6.07, 6.45) is -1.98. The summed E-state index contributed by atoms with van der Waals surface area (Å²) in [5.74, 6) is -0.803. The maximum Gasteiger partial charge on any atom is 0.252 e. The number of carbonyl (C=O) groups excluding carboxylic acids is 1. The van der Waals surface area contributed by atoms with E-state index in [1.54, 1.807) is 7.05 Å². The van der Waals surface area contributed by atoms with Gasteiger partial charge in [-0.2, -0.15) is 0 Å². The number of carbonyl (C=O) groups is 1. The van der Waals surface area contributed by atoms with Gasteiger partial charge in [0.25, 0.3) is 5.91 Å². The quantitative estimate of drug-likeness (QED) is 0.906. The van der Waals surface area contributed by atoms with Crippen LogP contribution in [0.1, 0.15) is 23.1 Å². The number of amides is 1. The lowest BCUT2D eigenvalue weighted by atomic mass is 9.85. The van der Waals surface area contributed by atoms with Crippen LogP contribution in [0.4, 0.5) is 0 Å². The number of nitrogens with zero attached hydrogens (tertiary/aromatic N) is 1. The minimum atomic E-state index is -1.13. The van der Waals surface area contributed by atoms with Crippen molar-refractivity contribution in [3.63, 3.8) is 0 Å². The molecule has 2 aromatic carbocycles. The van der Waals surface area contributed by atoms with Gasteiger partial charge in [-0.15, -0.1) is 0 Å². The molecule has 1 aliphatic rings. The molecule has 3 rings (SSSR count). The van der Waals surface area contributed by atoms with Gasteiger partial charge in [0.05, 0.1) is 6.04 Å². The van der Waals surface area contributed by atoms with Gasteiger partial charge >= 0.3 is 0 Å². The molecule has 0 bridgehead atoms. The highest BCUT2D eigenvalue weighted by molar-refractivity contribution is 5.85. The second-order valence-electron chi connectivity index (χ2n) is 5.68. The van der Waals surface area contributed by atoms with Gasteiger partial charge in [0.2, 0.25) is 0 Å². The van der Waals surface area contributed by atoms with Crippen LogP contribution < -0.4 is 0 Å². The van der Waals surface area contributed by atoms with Crippen molar-refractivity contribution >= 4 is 5.91 Å². The van der Waals surface area contributed by atoms with Crippen LogP contribution in [0.5, 0.6) is 0 Å². The Labute approximate surface area is 129 Å². The summed E-state index contributed by atoms with van der Waals surface area (Å²) >= 11 is 0. The zero-order chi connectivity index (χ0) is 15.7. The lowest BCUT2D eigenvalue weighted by molar-refractivity contribution is -0.135. The van der Waals surface area contributed by atoms with Crippen LogP contribution in [0.3, 0.4) is 0 Å². The predicted octanol–water partition coefficient (Wildman–Crippen LogP) is 1.71. The first-order valence-corrected chi connectivity index (χ1v) is 7.34. The number of aliphatic hydroxyl groups is 2. The molecular weight excluding hydrogens is 278 g/mol. The number of hydrogen-bond acceptors (Lipinski definition) is 3. The Kier molecular flexibility index (Phi) is 3.96. The summed E-state index contributed by atoms with van der Waals surface area (Å²) < 4.78 is 0. The number of benzene rings is 2. The van der Waals surface area contributed by atoms with Crippen molar-refractivity contribution in [3.8, 4) is 0 Å². The molecule has 114 valence electrons. The smallest absolute Gasteiger partial charge is 0.252 e. The largest absolute Gasteiger partial charge is 0.386 e. The average molecular weight is 297 g/mol. The van der Waals surface area contributed by atoms with Crippen molar-refractivity contribution in [2.45, 2.75) is 24.2 Å². The molecule has 0 aromatic heterocycles. The summed E-state index contributed by atoms with van der Waals surface area (Å²) in [6.45, 7) is 0. The van der Waals surface area contributed by atoms with E-state index in [0.29, 0.717) is 0 Å². The fraction of sp³-hybridized carbons (Fsp3) is 0.278. The first-order chi connectivity index (χ1) is 10.6. The van der Waals surface area contributed by atoms with Crippen LogP contribution in [-0.2, 0) is 4.79 Å². The zero-order valence-corrected chi connectivity index (χ0v) is 12.3. The van der Waals surface area contributed by atoms with Crippen molar-refractivity contribution in [1.29, 1.82) is 0 Å². The molecule has 4 nitrogen and oxygen atoms in total. The molecule has 1 fully saturated rings. The fourth-order valence-corrected chi connectivity index (χ4v) is 3.25. The van der Waals surface area contributed by atoms with Crippen LogP contribution in [0.15, 0.2) is 60.7 Å². The summed E-state index contributed by atoms with van der Waals surface area (Å²) in [7, 11) is 1.63. The molecule has 2 N–H and O–H groups in total. The van der Waals surface area contributed by atoms with Gasteiger partial charge in [-0.05, 0) is 11.1 Å². The van der Waals surface area contributed by atoms with Crippen molar-refractivity contribution in [1.82, 2.24) is 4.90 Å². The molecular formula is C18H19NO3. The van der Waals surface area contributed by atoms with Gasteiger partial charge in [-0.3, -0.25) is 4.79 Å². The standard InChI is InChI=1S/C18H19NO3/c1-19-15(16(20)13-10-6-3-7-11-13)14(17(21)18(19)22)12-8-4-2-5-9-12/h2-11,14-17,20-21H,1H3/t14-,15+,16?,17+/m0/s1. The third-order valence-electron chi connectivity index (χ3n) is 4.41. The molecule has 1 unspecified atom stereocenters. The number of likely N-dealkylation sites (tertiary alicyclic amines) is 1. The first-order valence-electron chi connectivity index (χ1n) is 7.34. The first kappa shape index (κ1) is 14.8. The van der Waals surface area contributed by atoms with Crippen molar-refractivity contribution < 1.29 is 15.0 Å². The molecule has 4 heteroatoms. The number of likely N-dealkylation sites (N-methyl/N-ethyl adjacent to an activating group) is 1. The van der Waals surface area contributed by atoms with Gasteiger partial charge in [-0.1, -0.05) is 60.7 Å². The molecule has 0 radical (unpaired) electrons. The lowest BCUT2D eigenvalue weighted by Gasteiger charge is -2.30. The minimum absolute atomic E-state index is 0.353. The van der Waals surface area contributed by atoms with E-state index in [-0.39, 0.29) is 5.91 Å². The summed E-state index contributed by atoms with van der Waals surface area (Å²) in [5, 5.41) is 21.1. The van der Waals surface area contributed by atoms with Gasteiger partial charge in [-0.25, -0.2) is 0 Å². The highest BCUT2D eigenvalue weighted by atomic mass is 16.3.